The fourth-order valence-electron chi connectivity index (χ4n) is 1.85. The fraction of sp³-hybridized carbons (Fsp3) is 0.214. The van der Waals surface area contributed by atoms with E-state index in [-0.39, 0.29) is 10.6 Å². The smallest absolute Gasteiger partial charge is 0.180 e. The number of alkyl halides is 2. The summed E-state index contributed by atoms with van der Waals surface area (Å²) < 4.78 is 24.3. The molecule has 3 nitrogen and oxygen atoms in total. The van der Waals surface area contributed by atoms with E-state index in [1.54, 1.807) is 48.5 Å². The molecule has 1 heterocycles. The van der Waals surface area contributed by atoms with Gasteiger partial charge in [-0.3, -0.25) is 0 Å². The van der Waals surface area contributed by atoms with Crippen molar-refractivity contribution in [1.29, 1.82) is 0 Å². The van der Waals surface area contributed by atoms with E-state index in [9.17, 15) is 8.42 Å². The molecule has 0 saturated carbocycles. The van der Waals surface area contributed by atoms with E-state index in [4.69, 9.17) is 11.6 Å². The lowest BCUT2D eigenvalue weighted by molar-refractivity contribution is 0.587. The first-order valence-electron chi connectivity index (χ1n) is 6.03. The molecule has 2 rings (SSSR count). The first kappa shape index (κ1) is 16.9. The maximum Gasteiger partial charge on any atom is 0.180 e. The summed E-state index contributed by atoms with van der Waals surface area (Å²) >= 11 is 12.8. The zero-order valence-electron chi connectivity index (χ0n) is 10.8. The zero-order chi connectivity index (χ0) is 15.5. The lowest BCUT2D eigenvalue weighted by Gasteiger charge is -2.24. The van der Waals surface area contributed by atoms with Crippen LogP contribution in [0.25, 0.3) is 0 Å². The predicted molar refractivity (Wildman–Crippen MR) is 92.1 cm³/mol. The first-order valence-corrected chi connectivity index (χ1v) is 9.98. The lowest BCUT2D eigenvalue weighted by atomic mass is 10.1. The third-order valence-electron chi connectivity index (χ3n) is 2.91. The summed E-state index contributed by atoms with van der Waals surface area (Å²) in [6, 6.07) is 13.5. The largest absolute Gasteiger partial charge is 0.240 e. The summed E-state index contributed by atoms with van der Waals surface area (Å²) in [4.78, 5) is 4.51. The molecule has 7 heteroatoms. The number of hydrogen-bond acceptors (Lipinski definition) is 3. The van der Waals surface area contributed by atoms with Crippen molar-refractivity contribution in [2.75, 3.05) is 11.1 Å². The predicted octanol–water partition coefficient (Wildman–Crippen LogP) is 4.19. The van der Waals surface area contributed by atoms with Crippen LogP contribution in [0, 0.1) is 0 Å². The van der Waals surface area contributed by atoms with Crippen LogP contribution in [0.15, 0.2) is 53.4 Å². The standard InChI is InChI=1S/C14H12Br2ClNO2S/c15-9-14(16,12-7-4-8-13(17)18-12)10-21(19,20)11-5-2-1-3-6-11/h1-8H,9-10H2. The van der Waals surface area contributed by atoms with E-state index >= 15 is 0 Å². The molecule has 0 amide bonds. The molecule has 2 aromatic rings. The van der Waals surface area contributed by atoms with Crippen molar-refractivity contribution >= 4 is 53.3 Å². The number of nitrogens with zero attached hydrogens (tertiary/aromatic N) is 1. The summed E-state index contributed by atoms with van der Waals surface area (Å²) in [5.41, 5.74) is 0.575. The Labute approximate surface area is 145 Å². The quantitative estimate of drug-likeness (QED) is 0.504. The van der Waals surface area contributed by atoms with Crippen LogP contribution in [-0.2, 0) is 14.2 Å². The molecule has 1 aromatic carbocycles. The molecule has 0 aliphatic rings. The van der Waals surface area contributed by atoms with Gasteiger partial charge in [-0.05, 0) is 24.3 Å². The third kappa shape index (κ3) is 4.06. The number of hydrogen-bond donors (Lipinski definition) is 0. The molecule has 0 aliphatic heterocycles. The van der Waals surface area contributed by atoms with Crippen molar-refractivity contribution in [2.45, 2.75) is 9.22 Å². The Morgan fingerprint density at radius 2 is 1.76 bits per heavy atom. The topological polar surface area (TPSA) is 47.0 Å². The van der Waals surface area contributed by atoms with Gasteiger partial charge in [0.2, 0.25) is 0 Å². The van der Waals surface area contributed by atoms with Crippen LogP contribution in [-0.4, -0.2) is 24.5 Å². The van der Waals surface area contributed by atoms with Gasteiger partial charge in [0.25, 0.3) is 0 Å². The van der Waals surface area contributed by atoms with Crippen LogP contribution in [0.1, 0.15) is 5.69 Å². The second-order valence-electron chi connectivity index (χ2n) is 4.52. The Kier molecular flexibility index (Phi) is 5.46. The van der Waals surface area contributed by atoms with Crippen LogP contribution in [0.2, 0.25) is 5.15 Å². The van der Waals surface area contributed by atoms with E-state index in [0.717, 1.165) is 0 Å². The lowest BCUT2D eigenvalue weighted by Crippen LogP contribution is -2.31. The Morgan fingerprint density at radius 1 is 1.10 bits per heavy atom. The number of sulfone groups is 1. The maximum absolute atomic E-state index is 12.6. The van der Waals surface area contributed by atoms with Crippen LogP contribution in [0.4, 0.5) is 0 Å². The number of halogens is 3. The van der Waals surface area contributed by atoms with Gasteiger partial charge >= 0.3 is 0 Å². The van der Waals surface area contributed by atoms with Crippen molar-refractivity contribution in [2.24, 2.45) is 0 Å². The molecule has 21 heavy (non-hydrogen) atoms. The highest BCUT2D eigenvalue weighted by atomic mass is 79.9. The molecule has 0 fully saturated rings. The minimum atomic E-state index is -3.45. The summed E-state index contributed by atoms with van der Waals surface area (Å²) in [6.45, 7) is 0. The second-order valence-corrected chi connectivity index (χ2v) is 8.97. The summed E-state index contributed by atoms with van der Waals surface area (Å²) in [7, 11) is -3.45. The number of benzene rings is 1. The van der Waals surface area contributed by atoms with Gasteiger partial charge in [-0.15, -0.1) is 0 Å². The Hall–Kier alpha value is -0.430. The average Bonchev–Trinajstić information content (AvgIpc) is 2.47. The Balaban J connectivity index is 2.39. The van der Waals surface area contributed by atoms with Gasteiger partial charge in [-0.2, -0.15) is 0 Å². The number of aromatic nitrogens is 1. The van der Waals surface area contributed by atoms with Gasteiger partial charge in [0.1, 0.15) is 5.15 Å². The van der Waals surface area contributed by atoms with E-state index < -0.39 is 14.2 Å². The van der Waals surface area contributed by atoms with Crippen molar-refractivity contribution in [3.8, 4) is 0 Å². The van der Waals surface area contributed by atoms with Crippen LogP contribution >= 0.6 is 43.5 Å². The molecular weight excluding hydrogens is 441 g/mol. The van der Waals surface area contributed by atoms with Gasteiger partial charge in [0.05, 0.1) is 20.7 Å². The Morgan fingerprint density at radius 3 is 2.33 bits per heavy atom. The van der Waals surface area contributed by atoms with E-state index in [2.05, 4.69) is 36.8 Å². The van der Waals surface area contributed by atoms with Crippen LogP contribution in [0.3, 0.4) is 0 Å². The molecule has 0 saturated heterocycles. The molecule has 0 radical (unpaired) electrons. The van der Waals surface area contributed by atoms with Crippen molar-refractivity contribution in [1.82, 2.24) is 4.98 Å². The summed E-state index contributed by atoms with van der Waals surface area (Å²) in [6.07, 6.45) is 0. The highest BCUT2D eigenvalue weighted by molar-refractivity contribution is 9.12. The number of pyridine rings is 1. The molecule has 1 atom stereocenters. The minimum absolute atomic E-state index is 0.122. The molecule has 1 aromatic heterocycles. The normalized spacial score (nSPS) is 14.6. The van der Waals surface area contributed by atoms with Crippen molar-refractivity contribution < 1.29 is 8.42 Å². The van der Waals surface area contributed by atoms with Gasteiger partial charge < -0.3 is 0 Å². The summed E-state index contributed by atoms with van der Waals surface area (Å²) in [5.74, 6) is -0.122. The zero-order valence-corrected chi connectivity index (χ0v) is 15.6. The highest BCUT2D eigenvalue weighted by Gasteiger charge is 2.36. The molecule has 0 N–H and O–H groups in total. The van der Waals surface area contributed by atoms with Gasteiger partial charge in [0, 0.05) is 5.33 Å². The molecule has 1 unspecified atom stereocenters. The molecule has 0 spiro atoms. The van der Waals surface area contributed by atoms with Gasteiger partial charge in [-0.25, -0.2) is 13.4 Å². The van der Waals surface area contributed by atoms with Gasteiger partial charge in [0.15, 0.2) is 9.84 Å². The fourth-order valence-corrected chi connectivity index (χ4v) is 5.48. The third-order valence-corrected chi connectivity index (χ3v) is 8.03. The average molecular weight is 454 g/mol. The van der Waals surface area contributed by atoms with Crippen molar-refractivity contribution in [3.05, 3.63) is 59.4 Å². The minimum Gasteiger partial charge on any atom is -0.240 e. The maximum atomic E-state index is 12.6. The summed E-state index contributed by atoms with van der Waals surface area (Å²) in [5, 5.41) is 0.716. The molecule has 0 bridgehead atoms. The molecule has 112 valence electrons. The van der Waals surface area contributed by atoms with E-state index in [0.29, 0.717) is 16.2 Å². The molecule has 0 aliphatic carbocycles. The monoisotopic (exact) mass is 451 g/mol. The SMILES string of the molecule is O=S(=O)(CC(Br)(CBr)c1cccc(Cl)n1)c1ccccc1. The van der Waals surface area contributed by atoms with Crippen LogP contribution < -0.4 is 0 Å². The van der Waals surface area contributed by atoms with E-state index in [1.807, 2.05) is 0 Å². The Bertz CT molecular complexity index is 725. The second kappa shape index (κ2) is 6.77. The molecular formula is C14H12Br2ClNO2S. The van der Waals surface area contributed by atoms with E-state index in [1.165, 1.54) is 0 Å². The van der Waals surface area contributed by atoms with Crippen molar-refractivity contribution in [3.63, 3.8) is 0 Å². The van der Waals surface area contributed by atoms with Crippen LogP contribution in [0.5, 0.6) is 0 Å². The number of rotatable bonds is 5. The highest BCUT2D eigenvalue weighted by Crippen LogP contribution is 2.35. The first-order chi connectivity index (χ1) is 9.87. The van der Waals surface area contributed by atoms with Gasteiger partial charge in [-0.1, -0.05) is 67.7 Å².